The van der Waals surface area contributed by atoms with Gasteiger partial charge in [0.15, 0.2) is 0 Å². The summed E-state index contributed by atoms with van der Waals surface area (Å²) in [5.74, 6) is 1.72. The van der Waals surface area contributed by atoms with Crippen LogP contribution >= 0.6 is 0 Å². The van der Waals surface area contributed by atoms with Gasteiger partial charge in [-0.3, -0.25) is 4.99 Å². The lowest BCUT2D eigenvalue weighted by Gasteiger charge is -2.31. The molecule has 0 saturated heterocycles. The van der Waals surface area contributed by atoms with Crippen molar-refractivity contribution in [3.8, 4) is 0 Å². The first-order valence-corrected chi connectivity index (χ1v) is 7.97. The molecule has 3 nitrogen and oxygen atoms in total. The Kier molecular flexibility index (Phi) is 5.40. The van der Waals surface area contributed by atoms with E-state index in [1.165, 1.54) is 25.7 Å². The Morgan fingerprint density at radius 2 is 1.68 bits per heavy atom. The van der Waals surface area contributed by atoms with Gasteiger partial charge in [0.1, 0.15) is 0 Å². The molecule has 110 valence electrons. The lowest BCUT2D eigenvalue weighted by atomic mass is 9.80. The minimum Gasteiger partial charge on any atom is -0.390 e. The van der Waals surface area contributed by atoms with Crippen molar-refractivity contribution in [1.29, 1.82) is 0 Å². The Bertz CT molecular complexity index is 295. The van der Waals surface area contributed by atoms with E-state index in [2.05, 4.69) is 18.8 Å². The Morgan fingerprint density at radius 3 is 2.32 bits per heavy atom. The molecule has 0 radical (unpaired) electrons. The third-order valence-electron chi connectivity index (χ3n) is 5.04. The van der Waals surface area contributed by atoms with Crippen LogP contribution in [0.1, 0.15) is 58.8 Å². The molecule has 0 heterocycles. The molecule has 0 aromatic rings. The number of hydrogen-bond acceptors (Lipinski definition) is 3. The first kappa shape index (κ1) is 15.0. The van der Waals surface area contributed by atoms with Gasteiger partial charge in [-0.15, -0.1) is 0 Å². The number of nitrogens with zero attached hydrogens (tertiary/aromatic N) is 1. The fraction of sp³-hybridized carbons (Fsp3) is 0.938. The lowest BCUT2D eigenvalue weighted by molar-refractivity contribution is -0.0252. The molecule has 2 fully saturated rings. The highest BCUT2D eigenvalue weighted by Crippen LogP contribution is 2.31. The highest BCUT2D eigenvalue weighted by Gasteiger charge is 2.29. The maximum Gasteiger partial charge on any atom is 0.0876 e. The number of aliphatic hydroxyl groups is 2. The first-order valence-electron chi connectivity index (χ1n) is 7.97. The SMILES string of the molecule is CC(C)C1CCC(N=CC2CCCC(O)C2O)CC1. The molecule has 2 N–H and O–H groups in total. The number of aliphatic imine (C=N–C) groups is 1. The van der Waals surface area contributed by atoms with Crippen molar-refractivity contribution < 1.29 is 10.2 Å². The molecule has 2 aliphatic rings. The van der Waals surface area contributed by atoms with Gasteiger partial charge in [-0.25, -0.2) is 0 Å². The highest BCUT2D eigenvalue weighted by atomic mass is 16.3. The van der Waals surface area contributed by atoms with Gasteiger partial charge < -0.3 is 10.2 Å². The van der Waals surface area contributed by atoms with Crippen LogP contribution in [0, 0.1) is 17.8 Å². The largest absolute Gasteiger partial charge is 0.390 e. The maximum absolute atomic E-state index is 9.94. The second-order valence-corrected chi connectivity index (χ2v) is 6.76. The normalized spacial score (nSPS) is 41.0. The fourth-order valence-corrected chi connectivity index (χ4v) is 3.50. The molecule has 0 aliphatic heterocycles. The molecule has 0 spiro atoms. The average molecular weight is 267 g/mol. The van der Waals surface area contributed by atoms with E-state index in [9.17, 15) is 10.2 Å². The molecule has 3 heteroatoms. The van der Waals surface area contributed by atoms with Crippen LogP contribution in [-0.4, -0.2) is 34.7 Å². The van der Waals surface area contributed by atoms with Crippen LogP contribution in [0.25, 0.3) is 0 Å². The molecular weight excluding hydrogens is 238 g/mol. The van der Waals surface area contributed by atoms with E-state index in [1.54, 1.807) is 0 Å². The standard InChI is InChI=1S/C16H29NO2/c1-11(2)12-6-8-14(9-7-12)17-10-13-4-3-5-15(18)16(13)19/h10-16,18-19H,3-9H2,1-2H3. The summed E-state index contributed by atoms with van der Waals surface area (Å²) in [5.41, 5.74) is 0. The minimum absolute atomic E-state index is 0.0616. The van der Waals surface area contributed by atoms with Crippen LogP contribution in [0.5, 0.6) is 0 Å². The molecule has 2 aliphatic carbocycles. The Balaban J connectivity index is 1.80. The van der Waals surface area contributed by atoms with Gasteiger partial charge in [0.2, 0.25) is 0 Å². The average Bonchev–Trinajstić information content (AvgIpc) is 2.41. The van der Waals surface area contributed by atoms with Crippen LogP contribution in [0.3, 0.4) is 0 Å². The Morgan fingerprint density at radius 1 is 1.00 bits per heavy atom. The van der Waals surface area contributed by atoms with E-state index in [1.807, 2.05) is 6.21 Å². The van der Waals surface area contributed by atoms with Crippen LogP contribution in [0.4, 0.5) is 0 Å². The summed E-state index contributed by atoms with van der Waals surface area (Å²) < 4.78 is 0. The summed E-state index contributed by atoms with van der Waals surface area (Å²) >= 11 is 0. The summed E-state index contributed by atoms with van der Waals surface area (Å²) in [5, 5.41) is 19.6. The zero-order valence-electron chi connectivity index (χ0n) is 12.3. The maximum atomic E-state index is 9.94. The van der Waals surface area contributed by atoms with E-state index in [0.717, 1.165) is 31.1 Å². The third-order valence-corrected chi connectivity index (χ3v) is 5.04. The predicted octanol–water partition coefficient (Wildman–Crippen LogP) is 2.79. The zero-order chi connectivity index (χ0) is 13.8. The lowest BCUT2D eigenvalue weighted by Crippen LogP contribution is -2.38. The smallest absolute Gasteiger partial charge is 0.0876 e. The zero-order valence-corrected chi connectivity index (χ0v) is 12.3. The number of hydrogen-bond donors (Lipinski definition) is 2. The molecule has 3 atom stereocenters. The van der Waals surface area contributed by atoms with E-state index < -0.39 is 12.2 Å². The van der Waals surface area contributed by atoms with Gasteiger partial charge >= 0.3 is 0 Å². The summed E-state index contributed by atoms with van der Waals surface area (Å²) in [6, 6.07) is 0.446. The molecular formula is C16H29NO2. The van der Waals surface area contributed by atoms with Gasteiger partial charge in [0.05, 0.1) is 12.2 Å². The van der Waals surface area contributed by atoms with E-state index >= 15 is 0 Å². The quantitative estimate of drug-likeness (QED) is 0.773. The predicted molar refractivity (Wildman–Crippen MR) is 78.4 cm³/mol. The van der Waals surface area contributed by atoms with Crippen molar-refractivity contribution in [2.45, 2.75) is 77.0 Å². The van der Waals surface area contributed by atoms with Crippen LogP contribution in [0.15, 0.2) is 4.99 Å². The molecule has 0 amide bonds. The van der Waals surface area contributed by atoms with Crippen molar-refractivity contribution in [3.05, 3.63) is 0 Å². The molecule has 2 saturated carbocycles. The van der Waals surface area contributed by atoms with Crippen LogP contribution in [0.2, 0.25) is 0 Å². The van der Waals surface area contributed by atoms with E-state index in [4.69, 9.17) is 0 Å². The molecule has 3 unspecified atom stereocenters. The Hall–Kier alpha value is -0.410. The van der Waals surface area contributed by atoms with Crippen molar-refractivity contribution >= 4 is 6.21 Å². The second-order valence-electron chi connectivity index (χ2n) is 6.76. The number of aliphatic hydroxyl groups excluding tert-OH is 2. The molecule has 2 rings (SSSR count). The van der Waals surface area contributed by atoms with Gasteiger partial charge in [0.25, 0.3) is 0 Å². The first-order chi connectivity index (χ1) is 9.08. The molecule has 0 aromatic heterocycles. The summed E-state index contributed by atoms with van der Waals surface area (Å²) in [6.07, 6.45) is 8.41. The highest BCUT2D eigenvalue weighted by molar-refractivity contribution is 5.62. The summed E-state index contributed by atoms with van der Waals surface area (Å²) in [4.78, 5) is 4.69. The minimum atomic E-state index is -0.607. The van der Waals surface area contributed by atoms with Gasteiger partial charge in [-0.1, -0.05) is 20.3 Å². The van der Waals surface area contributed by atoms with Crippen molar-refractivity contribution in [2.75, 3.05) is 0 Å². The van der Waals surface area contributed by atoms with Crippen LogP contribution in [-0.2, 0) is 0 Å². The van der Waals surface area contributed by atoms with Gasteiger partial charge in [-0.2, -0.15) is 0 Å². The van der Waals surface area contributed by atoms with E-state index in [-0.39, 0.29) is 5.92 Å². The van der Waals surface area contributed by atoms with Crippen molar-refractivity contribution in [3.63, 3.8) is 0 Å². The topological polar surface area (TPSA) is 52.8 Å². The van der Waals surface area contributed by atoms with Crippen molar-refractivity contribution in [2.24, 2.45) is 22.7 Å². The summed E-state index contributed by atoms with van der Waals surface area (Å²) in [7, 11) is 0. The van der Waals surface area contributed by atoms with Crippen molar-refractivity contribution in [1.82, 2.24) is 0 Å². The number of rotatable bonds is 3. The monoisotopic (exact) mass is 267 g/mol. The van der Waals surface area contributed by atoms with E-state index in [0.29, 0.717) is 6.04 Å². The van der Waals surface area contributed by atoms with Gasteiger partial charge in [-0.05, 0) is 50.4 Å². The van der Waals surface area contributed by atoms with Gasteiger partial charge in [0, 0.05) is 18.2 Å². The second kappa shape index (κ2) is 6.85. The molecule has 19 heavy (non-hydrogen) atoms. The Labute approximate surface area is 117 Å². The summed E-state index contributed by atoms with van der Waals surface area (Å²) in [6.45, 7) is 4.63. The van der Waals surface area contributed by atoms with Crippen LogP contribution < -0.4 is 0 Å². The fourth-order valence-electron chi connectivity index (χ4n) is 3.50. The third kappa shape index (κ3) is 4.03. The molecule has 0 aromatic carbocycles. The molecule has 0 bridgehead atoms.